The highest BCUT2D eigenvalue weighted by Crippen LogP contribution is 2.32. The zero-order valence-corrected chi connectivity index (χ0v) is 14.0. The number of benzene rings is 2. The number of nitrogens with zero attached hydrogens (tertiary/aromatic N) is 1. The lowest BCUT2D eigenvalue weighted by molar-refractivity contribution is -0.122. The van der Waals surface area contributed by atoms with E-state index in [0.29, 0.717) is 15.5 Å². The van der Waals surface area contributed by atoms with Gasteiger partial charge in [-0.2, -0.15) is 0 Å². The molecule has 1 aliphatic rings. The van der Waals surface area contributed by atoms with Gasteiger partial charge >= 0.3 is 0 Å². The molecule has 1 aliphatic heterocycles. The summed E-state index contributed by atoms with van der Waals surface area (Å²) in [7, 11) is 0. The number of amides is 2. The first kappa shape index (κ1) is 16.5. The van der Waals surface area contributed by atoms with Crippen molar-refractivity contribution in [2.24, 2.45) is 0 Å². The van der Waals surface area contributed by atoms with Crippen molar-refractivity contribution < 1.29 is 14.4 Å². The second kappa shape index (κ2) is 7.03. The SMILES string of the molecule is O=C(CN1C(=O)S/C(=C/c2ccc(Cl)cc2)C1=O)c1ccccc1. The minimum Gasteiger partial charge on any atom is -0.292 e. The van der Waals surface area contributed by atoms with Gasteiger partial charge in [0.05, 0.1) is 11.4 Å². The molecule has 0 bridgehead atoms. The van der Waals surface area contributed by atoms with Gasteiger partial charge in [0.25, 0.3) is 11.1 Å². The molecular weight excluding hydrogens is 346 g/mol. The molecule has 3 rings (SSSR count). The maximum atomic E-state index is 12.4. The van der Waals surface area contributed by atoms with Crippen LogP contribution < -0.4 is 0 Å². The Morgan fingerprint density at radius 2 is 1.71 bits per heavy atom. The van der Waals surface area contributed by atoms with Gasteiger partial charge in [0.15, 0.2) is 5.78 Å². The fraction of sp³-hybridized carbons (Fsp3) is 0.0556. The van der Waals surface area contributed by atoms with E-state index in [4.69, 9.17) is 11.6 Å². The first-order valence-electron chi connectivity index (χ1n) is 7.14. The van der Waals surface area contributed by atoms with E-state index in [1.165, 1.54) is 0 Å². The van der Waals surface area contributed by atoms with E-state index >= 15 is 0 Å². The van der Waals surface area contributed by atoms with Crippen molar-refractivity contribution in [3.8, 4) is 0 Å². The van der Waals surface area contributed by atoms with Gasteiger partial charge in [-0.3, -0.25) is 19.3 Å². The predicted octanol–water partition coefficient (Wildman–Crippen LogP) is 4.26. The summed E-state index contributed by atoms with van der Waals surface area (Å²) in [4.78, 5) is 37.9. The number of Topliss-reactive ketones (excluding diaryl/α,β-unsaturated/α-hetero) is 1. The third kappa shape index (κ3) is 3.58. The number of carbonyl (C=O) groups excluding carboxylic acids is 3. The van der Waals surface area contributed by atoms with Crippen molar-refractivity contribution >= 4 is 46.4 Å². The summed E-state index contributed by atoms with van der Waals surface area (Å²) in [6.07, 6.45) is 1.62. The van der Waals surface area contributed by atoms with Gasteiger partial charge in [0.1, 0.15) is 0 Å². The highest BCUT2D eigenvalue weighted by molar-refractivity contribution is 8.18. The summed E-state index contributed by atoms with van der Waals surface area (Å²) in [6, 6.07) is 15.5. The monoisotopic (exact) mass is 357 g/mol. The van der Waals surface area contributed by atoms with Gasteiger partial charge in [-0.15, -0.1) is 0 Å². The van der Waals surface area contributed by atoms with Crippen molar-refractivity contribution in [3.05, 3.63) is 75.7 Å². The molecule has 0 spiro atoms. The fourth-order valence-electron chi connectivity index (χ4n) is 2.21. The zero-order valence-electron chi connectivity index (χ0n) is 12.4. The second-order valence-corrected chi connectivity index (χ2v) is 6.54. The largest absolute Gasteiger partial charge is 0.293 e. The van der Waals surface area contributed by atoms with E-state index in [2.05, 4.69) is 0 Å². The number of carbonyl (C=O) groups is 3. The summed E-state index contributed by atoms with van der Waals surface area (Å²) < 4.78 is 0. The highest BCUT2D eigenvalue weighted by Gasteiger charge is 2.36. The quantitative estimate of drug-likeness (QED) is 0.606. The normalized spacial score (nSPS) is 16.0. The summed E-state index contributed by atoms with van der Waals surface area (Å²) in [5.41, 5.74) is 1.23. The van der Waals surface area contributed by atoms with Gasteiger partial charge in [-0.25, -0.2) is 0 Å². The Morgan fingerprint density at radius 3 is 2.38 bits per heavy atom. The Kier molecular flexibility index (Phi) is 4.83. The molecule has 0 atom stereocenters. The van der Waals surface area contributed by atoms with Gasteiger partial charge in [-0.1, -0.05) is 54.1 Å². The third-order valence-corrected chi connectivity index (χ3v) is 4.60. The smallest absolute Gasteiger partial charge is 0.292 e. The van der Waals surface area contributed by atoms with Gasteiger partial charge < -0.3 is 0 Å². The Morgan fingerprint density at radius 1 is 1.04 bits per heavy atom. The molecule has 2 aromatic carbocycles. The third-order valence-electron chi connectivity index (χ3n) is 3.44. The predicted molar refractivity (Wildman–Crippen MR) is 94.9 cm³/mol. The lowest BCUT2D eigenvalue weighted by atomic mass is 10.1. The van der Waals surface area contributed by atoms with Crippen LogP contribution in [0.15, 0.2) is 59.5 Å². The summed E-state index contributed by atoms with van der Waals surface area (Å²) in [6.45, 7) is -0.257. The van der Waals surface area contributed by atoms with Crippen molar-refractivity contribution in [2.75, 3.05) is 6.54 Å². The maximum absolute atomic E-state index is 12.4. The van der Waals surface area contributed by atoms with Crippen LogP contribution in [0.2, 0.25) is 5.02 Å². The molecule has 24 heavy (non-hydrogen) atoms. The minimum absolute atomic E-state index is 0.257. The number of imide groups is 1. The Labute approximate surface area is 148 Å². The van der Waals surface area contributed by atoms with Crippen molar-refractivity contribution in [3.63, 3.8) is 0 Å². The molecular formula is C18H12ClNO3S. The Bertz CT molecular complexity index is 831. The molecule has 0 N–H and O–H groups in total. The van der Waals surface area contributed by atoms with E-state index in [1.807, 2.05) is 0 Å². The van der Waals surface area contributed by atoms with Crippen molar-refractivity contribution in [1.82, 2.24) is 4.90 Å². The number of hydrogen-bond acceptors (Lipinski definition) is 4. The second-order valence-electron chi connectivity index (χ2n) is 5.11. The summed E-state index contributed by atoms with van der Waals surface area (Å²) >= 11 is 6.66. The number of hydrogen-bond donors (Lipinski definition) is 0. The van der Waals surface area contributed by atoms with Gasteiger partial charge in [0, 0.05) is 10.6 Å². The lowest BCUT2D eigenvalue weighted by Crippen LogP contribution is -2.33. The molecule has 1 fully saturated rings. The van der Waals surface area contributed by atoms with Crippen LogP contribution in [-0.2, 0) is 4.79 Å². The molecule has 0 saturated carbocycles. The molecule has 0 unspecified atom stereocenters. The number of halogens is 1. The molecule has 0 aromatic heterocycles. The van der Waals surface area contributed by atoms with Crippen LogP contribution in [0, 0.1) is 0 Å². The van der Waals surface area contributed by atoms with Crippen LogP contribution in [0.25, 0.3) is 6.08 Å². The molecule has 2 aromatic rings. The molecule has 1 heterocycles. The number of rotatable bonds is 4. The molecule has 6 heteroatoms. The minimum atomic E-state index is -0.454. The van der Waals surface area contributed by atoms with Crippen LogP contribution in [0.5, 0.6) is 0 Å². The first-order valence-corrected chi connectivity index (χ1v) is 8.33. The van der Waals surface area contributed by atoms with E-state index in [1.54, 1.807) is 60.7 Å². The average molecular weight is 358 g/mol. The number of thioether (sulfide) groups is 1. The Balaban J connectivity index is 1.77. The summed E-state index contributed by atoms with van der Waals surface area (Å²) in [5, 5.41) is 0.151. The average Bonchev–Trinajstić information content (AvgIpc) is 2.85. The standard InChI is InChI=1S/C18H12ClNO3S/c19-14-8-6-12(7-9-14)10-16-17(22)20(18(23)24-16)11-15(21)13-4-2-1-3-5-13/h1-10H,11H2/b16-10+. The van der Waals surface area contributed by atoms with Crippen LogP contribution >= 0.6 is 23.4 Å². The highest BCUT2D eigenvalue weighted by atomic mass is 35.5. The molecule has 0 aliphatic carbocycles. The Hall–Kier alpha value is -2.37. The molecule has 4 nitrogen and oxygen atoms in total. The van der Waals surface area contributed by atoms with Crippen molar-refractivity contribution in [2.45, 2.75) is 0 Å². The molecule has 2 amide bonds. The molecule has 0 radical (unpaired) electrons. The van der Waals surface area contributed by atoms with E-state index in [0.717, 1.165) is 22.2 Å². The molecule has 120 valence electrons. The molecule has 1 saturated heterocycles. The van der Waals surface area contributed by atoms with Gasteiger partial charge in [-0.05, 0) is 35.5 Å². The van der Waals surface area contributed by atoms with Crippen LogP contribution in [0.3, 0.4) is 0 Å². The first-order chi connectivity index (χ1) is 11.5. The fourth-order valence-corrected chi connectivity index (χ4v) is 3.17. The summed E-state index contributed by atoms with van der Waals surface area (Å²) in [5.74, 6) is -0.727. The maximum Gasteiger partial charge on any atom is 0.293 e. The van der Waals surface area contributed by atoms with E-state index in [-0.39, 0.29) is 12.3 Å². The van der Waals surface area contributed by atoms with E-state index in [9.17, 15) is 14.4 Å². The van der Waals surface area contributed by atoms with Gasteiger partial charge in [0.2, 0.25) is 0 Å². The zero-order chi connectivity index (χ0) is 17.1. The lowest BCUT2D eigenvalue weighted by Gasteiger charge is -2.11. The van der Waals surface area contributed by atoms with Crippen LogP contribution in [0.4, 0.5) is 4.79 Å². The van der Waals surface area contributed by atoms with Crippen LogP contribution in [0.1, 0.15) is 15.9 Å². The topological polar surface area (TPSA) is 54.5 Å². The van der Waals surface area contributed by atoms with E-state index < -0.39 is 11.1 Å². The number of ketones is 1. The van der Waals surface area contributed by atoms with Crippen LogP contribution in [-0.4, -0.2) is 28.4 Å². The van der Waals surface area contributed by atoms with Crippen molar-refractivity contribution in [1.29, 1.82) is 0 Å².